The SMILES string of the molecule is O=C(Nc1ncc(Cc2ccc(F)cc2)s1)c1cccc(F)c1. The zero-order valence-corrected chi connectivity index (χ0v) is 12.7. The minimum absolute atomic E-state index is 0.236. The molecule has 1 amide bonds. The number of carbonyl (C=O) groups excluding carboxylic acids is 1. The fourth-order valence-electron chi connectivity index (χ4n) is 2.05. The van der Waals surface area contributed by atoms with Crippen molar-refractivity contribution in [3.05, 3.63) is 82.4 Å². The zero-order valence-electron chi connectivity index (χ0n) is 11.9. The van der Waals surface area contributed by atoms with Gasteiger partial charge in [-0.2, -0.15) is 0 Å². The monoisotopic (exact) mass is 330 g/mol. The summed E-state index contributed by atoms with van der Waals surface area (Å²) in [4.78, 5) is 17.1. The molecule has 0 atom stereocenters. The van der Waals surface area contributed by atoms with Crippen molar-refractivity contribution in [2.45, 2.75) is 6.42 Å². The third-order valence-corrected chi connectivity index (χ3v) is 4.07. The van der Waals surface area contributed by atoms with Gasteiger partial charge in [-0.05, 0) is 35.9 Å². The van der Waals surface area contributed by atoms with Gasteiger partial charge in [-0.25, -0.2) is 13.8 Å². The van der Waals surface area contributed by atoms with Gasteiger partial charge in [-0.3, -0.25) is 10.1 Å². The molecule has 3 nitrogen and oxygen atoms in total. The van der Waals surface area contributed by atoms with Crippen LogP contribution < -0.4 is 5.32 Å². The Morgan fingerprint density at radius 3 is 2.61 bits per heavy atom. The molecule has 0 fully saturated rings. The molecule has 0 aliphatic carbocycles. The molecule has 0 saturated heterocycles. The molecule has 0 saturated carbocycles. The molecule has 116 valence electrons. The van der Waals surface area contributed by atoms with Crippen molar-refractivity contribution in [2.75, 3.05) is 5.32 Å². The minimum atomic E-state index is -0.464. The molecular weight excluding hydrogens is 318 g/mol. The number of hydrogen-bond acceptors (Lipinski definition) is 3. The molecule has 2 aromatic carbocycles. The lowest BCUT2D eigenvalue weighted by Gasteiger charge is -2.01. The lowest BCUT2D eigenvalue weighted by atomic mass is 10.1. The van der Waals surface area contributed by atoms with E-state index in [0.29, 0.717) is 11.6 Å². The van der Waals surface area contributed by atoms with Crippen LogP contribution in [0.3, 0.4) is 0 Å². The van der Waals surface area contributed by atoms with E-state index in [-0.39, 0.29) is 11.4 Å². The first-order valence-electron chi connectivity index (χ1n) is 6.86. The first-order chi connectivity index (χ1) is 11.1. The number of aromatic nitrogens is 1. The van der Waals surface area contributed by atoms with Crippen molar-refractivity contribution in [1.82, 2.24) is 4.98 Å². The molecule has 1 N–H and O–H groups in total. The summed E-state index contributed by atoms with van der Waals surface area (Å²) in [6, 6.07) is 11.7. The van der Waals surface area contributed by atoms with Crippen molar-refractivity contribution < 1.29 is 13.6 Å². The first-order valence-corrected chi connectivity index (χ1v) is 7.68. The highest BCUT2D eigenvalue weighted by Gasteiger charge is 2.10. The average Bonchev–Trinajstić information content (AvgIpc) is 2.96. The molecule has 1 aromatic heterocycles. The van der Waals surface area contributed by atoms with E-state index in [1.54, 1.807) is 18.3 Å². The predicted octanol–water partition coefficient (Wildman–Crippen LogP) is 4.26. The van der Waals surface area contributed by atoms with E-state index in [1.807, 2.05) is 0 Å². The molecule has 0 aliphatic rings. The average molecular weight is 330 g/mol. The summed E-state index contributed by atoms with van der Waals surface area (Å²) in [7, 11) is 0. The number of nitrogens with zero attached hydrogens (tertiary/aromatic N) is 1. The smallest absolute Gasteiger partial charge is 0.257 e. The maximum Gasteiger partial charge on any atom is 0.257 e. The van der Waals surface area contributed by atoms with E-state index in [9.17, 15) is 13.6 Å². The summed E-state index contributed by atoms with van der Waals surface area (Å²) < 4.78 is 26.0. The van der Waals surface area contributed by atoms with Crippen LogP contribution in [0, 0.1) is 11.6 Å². The Bertz CT molecular complexity index is 831. The maximum absolute atomic E-state index is 13.1. The number of thiazole rings is 1. The number of anilines is 1. The summed E-state index contributed by atoms with van der Waals surface area (Å²) in [5.41, 5.74) is 1.19. The topological polar surface area (TPSA) is 42.0 Å². The Hall–Kier alpha value is -2.60. The van der Waals surface area contributed by atoms with Crippen molar-refractivity contribution in [1.29, 1.82) is 0 Å². The highest BCUT2D eigenvalue weighted by Crippen LogP contribution is 2.22. The normalized spacial score (nSPS) is 10.5. The number of hydrogen-bond donors (Lipinski definition) is 1. The number of benzene rings is 2. The second kappa shape index (κ2) is 6.66. The standard InChI is InChI=1S/C17H12F2N2OS/c18-13-6-4-11(5-7-13)8-15-10-20-17(23-15)21-16(22)12-2-1-3-14(19)9-12/h1-7,9-10H,8H2,(H,20,21,22). The summed E-state index contributed by atoms with van der Waals surface area (Å²) in [5.74, 6) is -1.15. The van der Waals surface area contributed by atoms with Crippen LogP contribution in [0.5, 0.6) is 0 Å². The molecule has 23 heavy (non-hydrogen) atoms. The Kier molecular flexibility index (Phi) is 4.43. The summed E-state index contributed by atoms with van der Waals surface area (Å²) in [6.45, 7) is 0. The van der Waals surface area contributed by atoms with E-state index >= 15 is 0 Å². The fraction of sp³-hybridized carbons (Fsp3) is 0.0588. The van der Waals surface area contributed by atoms with Crippen molar-refractivity contribution >= 4 is 22.4 Å². The quantitative estimate of drug-likeness (QED) is 0.776. The number of carbonyl (C=O) groups is 1. The molecule has 0 spiro atoms. The van der Waals surface area contributed by atoms with E-state index < -0.39 is 11.7 Å². The highest BCUT2D eigenvalue weighted by molar-refractivity contribution is 7.15. The third kappa shape index (κ3) is 3.98. The molecule has 0 aliphatic heterocycles. The first kappa shape index (κ1) is 15.3. The van der Waals surface area contributed by atoms with Crippen molar-refractivity contribution in [3.63, 3.8) is 0 Å². The van der Waals surface area contributed by atoms with E-state index in [4.69, 9.17) is 0 Å². The zero-order chi connectivity index (χ0) is 16.2. The van der Waals surface area contributed by atoms with Crippen molar-refractivity contribution in [2.24, 2.45) is 0 Å². The molecule has 0 radical (unpaired) electrons. The Morgan fingerprint density at radius 2 is 1.87 bits per heavy atom. The van der Waals surface area contributed by atoms with E-state index in [2.05, 4.69) is 10.3 Å². The van der Waals surface area contributed by atoms with Gasteiger partial charge in [0.05, 0.1) is 0 Å². The van der Waals surface area contributed by atoms with Crippen LogP contribution in [0.2, 0.25) is 0 Å². The van der Waals surface area contributed by atoms with Gasteiger partial charge in [-0.1, -0.05) is 18.2 Å². The van der Waals surface area contributed by atoms with Gasteiger partial charge < -0.3 is 0 Å². The van der Waals surface area contributed by atoms with Gasteiger partial charge >= 0.3 is 0 Å². The van der Waals surface area contributed by atoms with Gasteiger partial charge in [0.25, 0.3) is 5.91 Å². The van der Waals surface area contributed by atoms with E-state index in [0.717, 1.165) is 10.4 Å². The molecule has 1 heterocycles. The van der Waals surface area contributed by atoms with Crippen LogP contribution in [-0.4, -0.2) is 10.9 Å². The Morgan fingerprint density at radius 1 is 1.09 bits per heavy atom. The molecule has 3 rings (SSSR count). The predicted molar refractivity (Wildman–Crippen MR) is 85.7 cm³/mol. The van der Waals surface area contributed by atoms with Gasteiger partial charge in [0.15, 0.2) is 5.13 Å². The van der Waals surface area contributed by atoms with Gasteiger partial charge in [0.1, 0.15) is 11.6 Å². The maximum atomic E-state index is 13.1. The molecule has 6 heteroatoms. The number of halogens is 2. The molecule has 0 unspecified atom stereocenters. The molecule has 0 bridgehead atoms. The lowest BCUT2D eigenvalue weighted by Crippen LogP contribution is -2.11. The van der Waals surface area contributed by atoms with Crippen LogP contribution >= 0.6 is 11.3 Å². The number of amides is 1. The number of nitrogens with one attached hydrogen (secondary N) is 1. The van der Waals surface area contributed by atoms with Gasteiger partial charge in [0.2, 0.25) is 0 Å². The van der Waals surface area contributed by atoms with Gasteiger partial charge in [-0.15, -0.1) is 11.3 Å². The summed E-state index contributed by atoms with van der Waals surface area (Å²) in [5, 5.41) is 3.08. The summed E-state index contributed by atoms with van der Waals surface area (Å²) >= 11 is 1.33. The van der Waals surface area contributed by atoms with Crippen LogP contribution in [0.4, 0.5) is 13.9 Å². The second-order valence-electron chi connectivity index (χ2n) is 4.90. The van der Waals surface area contributed by atoms with Crippen LogP contribution in [-0.2, 0) is 6.42 Å². The van der Waals surface area contributed by atoms with Crippen molar-refractivity contribution in [3.8, 4) is 0 Å². The van der Waals surface area contributed by atoms with Crippen LogP contribution in [0.15, 0.2) is 54.7 Å². The van der Waals surface area contributed by atoms with Crippen LogP contribution in [0.1, 0.15) is 20.8 Å². The fourth-order valence-corrected chi connectivity index (χ4v) is 2.89. The summed E-state index contributed by atoms with van der Waals surface area (Å²) in [6.07, 6.45) is 2.27. The largest absolute Gasteiger partial charge is 0.298 e. The minimum Gasteiger partial charge on any atom is -0.298 e. The molecular formula is C17H12F2N2OS. The highest BCUT2D eigenvalue weighted by atomic mass is 32.1. The Balaban J connectivity index is 1.67. The second-order valence-corrected chi connectivity index (χ2v) is 6.01. The molecule has 3 aromatic rings. The Labute approximate surface area is 135 Å². The lowest BCUT2D eigenvalue weighted by molar-refractivity contribution is 0.102. The van der Waals surface area contributed by atoms with Gasteiger partial charge in [0, 0.05) is 23.1 Å². The third-order valence-electron chi connectivity index (χ3n) is 3.15. The van der Waals surface area contributed by atoms with Crippen LogP contribution in [0.25, 0.3) is 0 Å². The van der Waals surface area contributed by atoms with E-state index in [1.165, 1.54) is 47.7 Å². The number of rotatable bonds is 4.